The minimum Gasteiger partial charge on any atom is -0.492 e. The molecule has 156 valence electrons. The number of unbranched alkanes of at least 4 members (excludes halogenated alkanes) is 1. The SMILES string of the molecule is O=C(O)CCCCc1ccc(OCCN2CCN(c3cccc(F)c3)CC2)cc1. The minimum atomic E-state index is -0.732. The number of nitrogens with zero attached hydrogens (tertiary/aromatic N) is 2. The fourth-order valence-electron chi connectivity index (χ4n) is 3.55. The molecule has 0 aromatic heterocycles. The van der Waals surface area contributed by atoms with Crippen molar-refractivity contribution in [3.63, 3.8) is 0 Å². The van der Waals surface area contributed by atoms with E-state index >= 15 is 0 Å². The quantitative estimate of drug-likeness (QED) is 0.615. The van der Waals surface area contributed by atoms with Gasteiger partial charge in [0.25, 0.3) is 0 Å². The van der Waals surface area contributed by atoms with Crippen LogP contribution in [0.2, 0.25) is 0 Å². The van der Waals surface area contributed by atoms with Crippen molar-refractivity contribution in [1.29, 1.82) is 0 Å². The maximum atomic E-state index is 13.4. The van der Waals surface area contributed by atoms with E-state index < -0.39 is 5.97 Å². The number of carbonyl (C=O) groups is 1. The van der Waals surface area contributed by atoms with Crippen molar-refractivity contribution in [3.8, 4) is 5.75 Å². The second-order valence-electron chi connectivity index (χ2n) is 7.40. The lowest BCUT2D eigenvalue weighted by Gasteiger charge is -2.36. The van der Waals surface area contributed by atoms with E-state index in [0.29, 0.717) is 13.0 Å². The molecule has 1 aliphatic heterocycles. The highest BCUT2D eigenvalue weighted by molar-refractivity contribution is 5.66. The summed E-state index contributed by atoms with van der Waals surface area (Å²) in [5, 5.41) is 8.66. The van der Waals surface area contributed by atoms with Gasteiger partial charge in [-0.05, 0) is 55.2 Å². The number of benzene rings is 2. The van der Waals surface area contributed by atoms with E-state index in [9.17, 15) is 9.18 Å². The third-order valence-corrected chi connectivity index (χ3v) is 5.25. The van der Waals surface area contributed by atoms with Gasteiger partial charge in [0.05, 0.1) is 0 Å². The number of anilines is 1. The van der Waals surface area contributed by atoms with E-state index in [2.05, 4.69) is 9.80 Å². The molecule has 0 radical (unpaired) electrons. The van der Waals surface area contributed by atoms with Crippen molar-refractivity contribution < 1.29 is 19.0 Å². The molecule has 0 saturated carbocycles. The molecule has 6 heteroatoms. The standard InChI is InChI=1S/C23H29FN2O3/c24-20-5-3-6-21(18-20)26-14-12-25(13-15-26)16-17-29-22-10-8-19(9-11-22)4-1-2-7-23(27)28/h3,5-6,8-11,18H,1-2,4,7,12-17H2,(H,27,28). The Balaban J connectivity index is 1.33. The number of carboxylic acids is 1. The number of ether oxygens (including phenoxy) is 1. The molecule has 29 heavy (non-hydrogen) atoms. The van der Waals surface area contributed by atoms with Gasteiger partial charge < -0.3 is 14.7 Å². The number of rotatable bonds is 10. The Bertz CT molecular complexity index is 774. The highest BCUT2D eigenvalue weighted by atomic mass is 19.1. The summed E-state index contributed by atoms with van der Waals surface area (Å²) in [5.74, 6) is -0.0635. The Labute approximate surface area is 171 Å². The van der Waals surface area contributed by atoms with Crippen LogP contribution < -0.4 is 9.64 Å². The van der Waals surface area contributed by atoms with Crippen LogP contribution >= 0.6 is 0 Å². The Morgan fingerprint density at radius 2 is 1.79 bits per heavy atom. The van der Waals surface area contributed by atoms with Crippen LogP contribution in [0.4, 0.5) is 10.1 Å². The summed E-state index contributed by atoms with van der Waals surface area (Å²) < 4.78 is 19.2. The first-order chi connectivity index (χ1) is 14.1. The Morgan fingerprint density at radius 3 is 2.48 bits per heavy atom. The van der Waals surface area contributed by atoms with Crippen molar-refractivity contribution in [2.45, 2.75) is 25.7 Å². The predicted molar refractivity (Wildman–Crippen MR) is 112 cm³/mol. The average molecular weight is 400 g/mol. The zero-order valence-corrected chi connectivity index (χ0v) is 16.7. The van der Waals surface area contributed by atoms with Crippen molar-refractivity contribution >= 4 is 11.7 Å². The molecule has 0 bridgehead atoms. The predicted octanol–water partition coefficient (Wildman–Crippen LogP) is 3.82. The van der Waals surface area contributed by atoms with Gasteiger partial charge >= 0.3 is 5.97 Å². The smallest absolute Gasteiger partial charge is 0.303 e. The molecule has 0 amide bonds. The molecule has 2 aromatic carbocycles. The third kappa shape index (κ3) is 7.06. The number of aryl methyl sites for hydroxylation is 1. The van der Waals surface area contributed by atoms with Gasteiger partial charge in [-0.15, -0.1) is 0 Å². The number of piperazine rings is 1. The minimum absolute atomic E-state index is 0.190. The van der Waals surface area contributed by atoms with Crippen LogP contribution in [0.15, 0.2) is 48.5 Å². The molecular formula is C23H29FN2O3. The maximum absolute atomic E-state index is 13.4. The molecule has 1 N–H and O–H groups in total. The zero-order valence-electron chi connectivity index (χ0n) is 16.7. The molecule has 0 atom stereocenters. The van der Waals surface area contributed by atoms with Crippen molar-refractivity contribution in [3.05, 3.63) is 59.9 Å². The van der Waals surface area contributed by atoms with E-state index in [-0.39, 0.29) is 12.2 Å². The lowest BCUT2D eigenvalue weighted by atomic mass is 10.1. The Hall–Kier alpha value is -2.60. The summed E-state index contributed by atoms with van der Waals surface area (Å²) in [4.78, 5) is 15.1. The number of aliphatic carboxylic acids is 1. The van der Waals surface area contributed by atoms with Gasteiger partial charge in [-0.25, -0.2) is 4.39 Å². The largest absolute Gasteiger partial charge is 0.492 e. The molecule has 5 nitrogen and oxygen atoms in total. The molecule has 1 saturated heterocycles. The van der Waals surface area contributed by atoms with Crippen LogP contribution in [0.25, 0.3) is 0 Å². The Morgan fingerprint density at radius 1 is 1.03 bits per heavy atom. The van der Waals surface area contributed by atoms with E-state index in [1.165, 1.54) is 11.6 Å². The molecule has 0 spiro atoms. The lowest BCUT2D eigenvalue weighted by molar-refractivity contribution is -0.137. The fraction of sp³-hybridized carbons (Fsp3) is 0.435. The molecule has 3 rings (SSSR count). The number of carboxylic acid groups (broad SMARTS) is 1. The average Bonchev–Trinajstić information content (AvgIpc) is 2.73. The second-order valence-corrected chi connectivity index (χ2v) is 7.40. The first-order valence-corrected chi connectivity index (χ1v) is 10.3. The molecule has 2 aromatic rings. The number of halogens is 1. The molecule has 1 fully saturated rings. The summed E-state index contributed by atoms with van der Waals surface area (Å²) in [6, 6.07) is 14.8. The van der Waals surface area contributed by atoms with Crippen molar-refractivity contribution in [2.24, 2.45) is 0 Å². The summed E-state index contributed by atoms with van der Waals surface area (Å²) in [5.41, 5.74) is 2.15. The highest BCUT2D eigenvalue weighted by Crippen LogP contribution is 2.18. The zero-order chi connectivity index (χ0) is 20.5. The third-order valence-electron chi connectivity index (χ3n) is 5.25. The van der Waals surface area contributed by atoms with Crippen molar-refractivity contribution in [1.82, 2.24) is 4.90 Å². The monoisotopic (exact) mass is 400 g/mol. The summed E-state index contributed by atoms with van der Waals surface area (Å²) in [6.07, 6.45) is 2.72. The van der Waals surface area contributed by atoms with Crippen LogP contribution in [-0.4, -0.2) is 55.3 Å². The van der Waals surface area contributed by atoms with Gasteiger partial charge in [0.2, 0.25) is 0 Å². The number of hydrogen-bond acceptors (Lipinski definition) is 4. The molecule has 0 unspecified atom stereocenters. The van der Waals surface area contributed by atoms with Crippen molar-refractivity contribution in [2.75, 3.05) is 44.2 Å². The van der Waals surface area contributed by atoms with Gasteiger partial charge in [0, 0.05) is 44.8 Å². The van der Waals surface area contributed by atoms with Gasteiger partial charge in [0.15, 0.2) is 0 Å². The van der Waals surface area contributed by atoms with Crippen LogP contribution in [0.5, 0.6) is 5.75 Å². The van der Waals surface area contributed by atoms with Gasteiger partial charge in [-0.2, -0.15) is 0 Å². The normalized spacial score (nSPS) is 14.7. The van der Waals surface area contributed by atoms with E-state index in [1.54, 1.807) is 12.1 Å². The van der Waals surface area contributed by atoms with Crippen LogP contribution in [-0.2, 0) is 11.2 Å². The summed E-state index contributed by atoms with van der Waals surface area (Å²) in [7, 11) is 0. The summed E-state index contributed by atoms with van der Waals surface area (Å²) >= 11 is 0. The van der Waals surface area contributed by atoms with Gasteiger partial charge in [-0.3, -0.25) is 9.69 Å². The fourth-order valence-corrected chi connectivity index (χ4v) is 3.55. The van der Waals surface area contributed by atoms with Crippen LogP contribution in [0.3, 0.4) is 0 Å². The maximum Gasteiger partial charge on any atom is 0.303 e. The van der Waals surface area contributed by atoms with E-state index in [4.69, 9.17) is 9.84 Å². The molecular weight excluding hydrogens is 371 g/mol. The summed E-state index contributed by atoms with van der Waals surface area (Å²) in [6.45, 7) is 5.16. The topological polar surface area (TPSA) is 53.0 Å². The van der Waals surface area contributed by atoms with Crippen LogP contribution in [0.1, 0.15) is 24.8 Å². The first-order valence-electron chi connectivity index (χ1n) is 10.3. The number of hydrogen-bond donors (Lipinski definition) is 1. The van der Waals surface area contributed by atoms with E-state index in [1.807, 2.05) is 30.3 Å². The van der Waals surface area contributed by atoms with Crippen LogP contribution in [0, 0.1) is 5.82 Å². The first kappa shape index (κ1) is 21.1. The van der Waals surface area contributed by atoms with Gasteiger partial charge in [0.1, 0.15) is 18.2 Å². The highest BCUT2D eigenvalue weighted by Gasteiger charge is 2.17. The second kappa shape index (κ2) is 10.8. The molecule has 1 heterocycles. The lowest BCUT2D eigenvalue weighted by Crippen LogP contribution is -2.47. The molecule has 0 aliphatic carbocycles. The molecule has 1 aliphatic rings. The Kier molecular flexibility index (Phi) is 7.87. The van der Waals surface area contributed by atoms with Gasteiger partial charge in [-0.1, -0.05) is 18.2 Å². The van der Waals surface area contributed by atoms with E-state index in [0.717, 1.165) is 57.0 Å².